The van der Waals surface area contributed by atoms with Crippen LogP contribution in [-0.4, -0.2) is 0 Å². The summed E-state index contributed by atoms with van der Waals surface area (Å²) >= 11 is 0. The van der Waals surface area contributed by atoms with Crippen LogP contribution in [0.2, 0.25) is 0 Å². The van der Waals surface area contributed by atoms with Crippen molar-refractivity contribution in [1.29, 1.82) is 0 Å². The summed E-state index contributed by atoms with van der Waals surface area (Å²) in [5.41, 5.74) is 7.55. The van der Waals surface area contributed by atoms with E-state index < -0.39 is 0 Å². The van der Waals surface area contributed by atoms with Crippen molar-refractivity contribution < 1.29 is 0 Å². The Labute approximate surface area is 130 Å². The van der Waals surface area contributed by atoms with Crippen molar-refractivity contribution in [1.82, 2.24) is 0 Å². The molecule has 4 aromatic carbocycles. The van der Waals surface area contributed by atoms with E-state index in [1.165, 1.54) is 37.9 Å². The molecule has 1 unspecified atom stereocenters. The van der Waals surface area contributed by atoms with E-state index in [2.05, 4.69) is 61.5 Å². The van der Waals surface area contributed by atoms with E-state index in [9.17, 15) is 0 Å². The van der Waals surface area contributed by atoms with Crippen molar-refractivity contribution >= 4 is 44.7 Å². The van der Waals surface area contributed by atoms with E-state index in [1.54, 1.807) is 0 Å². The maximum absolute atomic E-state index is 6.29. The molecule has 2 N–H and O–H groups in total. The van der Waals surface area contributed by atoms with Gasteiger partial charge in [-0.3, -0.25) is 0 Å². The summed E-state index contributed by atoms with van der Waals surface area (Å²) in [5.74, 6) is 0. The van der Waals surface area contributed by atoms with Crippen LogP contribution in [0.25, 0.3) is 32.3 Å². The summed E-state index contributed by atoms with van der Waals surface area (Å²) in [5, 5.41) is 7.96. The molecular formula is C19H18ClN. The van der Waals surface area contributed by atoms with E-state index in [0.29, 0.717) is 0 Å². The molecule has 106 valence electrons. The lowest BCUT2D eigenvalue weighted by Crippen LogP contribution is -2.09. The third-order valence-electron chi connectivity index (χ3n) is 4.40. The van der Waals surface area contributed by atoms with Gasteiger partial charge in [0, 0.05) is 6.04 Å². The van der Waals surface area contributed by atoms with Gasteiger partial charge in [0.2, 0.25) is 0 Å². The quantitative estimate of drug-likeness (QED) is 0.491. The molecule has 4 rings (SSSR count). The molecule has 0 aromatic heterocycles. The van der Waals surface area contributed by atoms with Crippen LogP contribution in [-0.2, 0) is 0 Å². The highest BCUT2D eigenvalue weighted by atomic mass is 35.5. The van der Waals surface area contributed by atoms with Gasteiger partial charge < -0.3 is 5.73 Å². The zero-order valence-corrected chi connectivity index (χ0v) is 12.8. The summed E-state index contributed by atoms with van der Waals surface area (Å²) in [7, 11) is 0. The lowest BCUT2D eigenvalue weighted by Gasteiger charge is -2.17. The standard InChI is InChI=1S/C19H17N.ClH/c1-2-17(20)15-10-8-14-7-6-12-4-3-5-13-9-11-16(15)19(14)18(12)13;/h3-11,17H,2,20H2,1H3;1H. The Bertz CT molecular complexity index is 897. The van der Waals surface area contributed by atoms with Gasteiger partial charge in [-0.05, 0) is 44.3 Å². The maximum atomic E-state index is 6.29. The zero-order chi connectivity index (χ0) is 13.7. The summed E-state index contributed by atoms with van der Waals surface area (Å²) in [4.78, 5) is 0. The molecule has 0 amide bonds. The number of nitrogens with two attached hydrogens (primary N) is 1. The summed E-state index contributed by atoms with van der Waals surface area (Å²) in [6, 6.07) is 19.9. The molecule has 0 heterocycles. The predicted molar refractivity (Wildman–Crippen MR) is 94.6 cm³/mol. The summed E-state index contributed by atoms with van der Waals surface area (Å²) in [6.45, 7) is 2.14. The van der Waals surface area contributed by atoms with Gasteiger partial charge in [-0.1, -0.05) is 61.5 Å². The number of hydrogen-bond donors (Lipinski definition) is 1. The number of halogens is 1. The Balaban J connectivity index is 0.00000132. The number of hydrogen-bond acceptors (Lipinski definition) is 1. The second-order valence-electron chi connectivity index (χ2n) is 5.53. The van der Waals surface area contributed by atoms with Crippen LogP contribution in [0.5, 0.6) is 0 Å². The molecule has 0 saturated carbocycles. The minimum absolute atomic E-state index is 0. The van der Waals surface area contributed by atoms with Gasteiger partial charge in [-0.25, -0.2) is 0 Å². The third kappa shape index (κ3) is 1.97. The van der Waals surface area contributed by atoms with Gasteiger partial charge in [0.15, 0.2) is 0 Å². The highest BCUT2D eigenvalue weighted by Crippen LogP contribution is 2.37. The van der Waals surface area contributed by atoms with Crippen LogP contribution in [0.15, 0.2) is 54.6 Å². The van der Waals surface area contributed by atoms with Gasteiger partial charge in [0.25, 0.3) is 0 Å². The lowest BCUT2D eigenvalue weighted by atomic mass is 9.89. The minimum Gasteiger partial charge on any atom is -0.324 e. The second-order valence-corrected chi connectivity index (χ2v) is 5.53. The molecule has 0 aliphatic rings. The summed E-state index contributed by atoms with van der Waals surface area (Å²) in [6.07, 6.45) is 0.962. The average Bonchev–Trinajstić information content (AvgIpc) is 2.51. The molecule has 21 heavy (non-hydrogen) atoms. The zero-order valence-electron chi connectivity index (χ0n) is 12.0. The van der Waals surface area contributed by atoms with Crippen molar-refractivity contribution in [2.45, 2.75) is 19.4 Å². The molecule has 0 bridgehead atoms. The van der Waals surface area contributed by atoms with Crippen LogP contribution in [0.3, 0.4) is 0 Å². The van der Waals surface area contributed by atoms with E-state index in [4.69, 9.17) is 5.73 Å². The lowest BCUT2D eigenvalue weighted by molar-refractivity contribution is 0.704. The highest BCUT2D eigenvalue weighted by Gasteiger charge is 2.13. The molecule has 0 spiro atoms. The predicted octanol–water partition coefficient (Wildman–Crippen LogP) is 5.42. The largest absolute Gasteiger partial charge is 0.324 e. The fourth-order valence-corrected chi connectivity index (χ4v) is 3.30. The molecule has 1 nitrogen and oxygen atoms in total. The molecule has 0 radical (unpaired) electrons. The first-order valence-corrected chi connectivity index (χ1v) is 7.21. The third-order valence-corrected chi connectivity index (χ3v) is 4.40. The van der Waals surface area contributed by atoms with Gasteiger partial charge in [-0.15, -0.1) is 12.4 Å². The van der Waals surface area contributed by atoms with Gasteiger partial charge in [0.05, 0.1) is 0 Å². The number of benzene rings is 4. The molecule has 0 aliphatic heterocycles. The van der Waals surface area contributed by atoms with E-state index in [1.807, 2.05) is 0 Å². The van der Waals surface area contributed by atoms with E-state index >= 15 is 0 Å². The van der Waals surface area contributed by atoms with Gasteiger partial charge in [0.1, 0.15) is 0 Å². The molecule has 2 heteroatoms. The van der Waals surface area contributed by atoms with Crippen LogP contribution >= 0.6 is 12.4 Å². The normalized spacial score (nSPS) is 12.9. The molecule has 0 saturated heterocycles. The van der Waals surface area contributed by atoms with Crippen LogP contribution in [0.4, 0.5) is 0 Å². The first kappa shape index (κ1) is 14.1. The van der Waals surface area contributed by atoms with Crippen molar-refractivity contribution in [3.8, 4) is 0 Å². The Morgan fingerprint density at radius 1 is 0.810 bits per heavy atom. The smallest absolute Gasteiger partial charge is 0.0298 e. The maximum Gasteiger partial charge on any atom is 0.0298 e. The topological polar surface area (TPSA) is 26.0 Å². The van der Waals surface area contributed by atoms with E-state index in [-0.39, 0.29) is 18.4 Å². The first-order chi connectivity index (χ1) is 9.79. The van der Waals surface area contributed by atoms with Crippen molar-refractivity contribution in [3.63, 3.8) is 0 Å². The highest BCUT2D eigenvalue weighted by molar-refractivity contribution is 6.23. The first-order valence-electron chi connectivity index (χ1n) is 7.21. The van der Waals surface area contributed by atoms with Crippen LogP contribution < -0.4 is 5.73 Å². The fraction of sp³-hybridized carbons (Fsp3) is 0.158. The molecule has 4 aromatic rings. The minimum atomic E-state index is 0. The second kappa shape index (κ2) is 5.18. The van der Waals surface area contributed by atoms with Crippen LogP contribution in [0, 0.1) is 0 Å². The number of rotatable bonds is 2. The van der Waals surface area contributed by atoms with E-state index in [0.717, 1.165) is 6.42 Å². The fourth-order valence-electron chi connectivity index (χ4n) is 3.30. The van der Waals surface area contributed by atoms with Crippen molar-refractivity contribution in [2.75, 3.05) is 0 Å². The molecule has 1 atom stereocenters. The molecule has 0 fully saturated rings. The molecular weight excluding hydrogens is 278 g/mol. The van der Waals surface area contributed by atoms with Crippen molar-refractivity contribution in [3.05, 3.63) is 60.2 Å². The van der Waals surface area contributed by atoms with Crippen LogP contribution in [0.1, 0.15) is 24.9 Å². The Morgan fingerprint density at radius 3 is 2.05 bits per heavy atom. The SMILES string of the molecule is CCC(N)c1ccc2ccc3cccc4ccc1c2c34.Cl. The monoisotopic (exact) mass is 295 g/mol. The van der Waals surface area contributed by atoms with Gasteiger partial charge >= 0.3 is 0 Å². The summed E-state index contributed by atoms with van der Waals surface area (Å²) < 4.78 is 0. The Hall–Kier alpha value is -1.83. The molecule has 0 aliphatic carbocycles. The van der Waals surface area contributed by atoms with Crippen molar-refractivity contribution in [2.24, 2.45) is 5.73 Å². The average molecular weight is 296 g/mol. The van der Waals surface area contributed by atoms with Gasteiger partial charge in [-0.2, -0.15) is 0 Å². The Morgan fingerprint density at radius 2 is 1.38 bits per heavy atom. The Kier molecular flexibility index (Phi) is 3.48.